The summed E-state index contributed by atoms with van der Waals surface area (Å²) in [5, 5.41) is 1.66. The predicted octanol–water partition coefficient (Wildman–Crippen LogP) is 2.83. The van der Waals surface area contributed by atoms with Gasteiger partial charge in [0.2, 0.25) is 0 Å². The molecule has 0 aliphatic carbocycles. The lowest BCUT2D eigenvalue weighted by Gasteiger charge is -2.25. The molecule has 8 heteroatoms. The molecule has 126 valence electrons. The minimum absolute atomic E-state index is 0.254. The number of hydrogen-bond acceptors (Lipinski definition) is 6. The number of benzene rings is 2. The van der Waals surface area contributed by atoms with Gasteiger partial charge in [0.05, 0.1) is 17.4 Å². The largest absolute Gasteiger partial charge is 0.286 e. The SMILES string of the molecule is CCCSc1ccc2c3c(cccc13)C(=O)N(OS(C)(=O)=O)C2=O. The minimum atomic E-state index is -4.00. The summed E-state index contributed by atoms with van der Waals surface area (Å²) in [6.45, 7) is 2.07. The summed E-state index contributed by atoms with van der Waals surface area (Å²) >= 11 is 1.65. The van der Waals surface area contributed by atoms with Gasteiger partial charge in [-0.25, -0.2) is 0 Å². The average Bonchev–Trinajstić information content (AvgIpc) is 2.54. The number of nitrogens with zero attached hydrogens (tertiary/aromatic N) is 1. The van der Waals surface area contributed by atoms with Gasteiger partial charge < -0.3 is 0 Å². The third kappa shape index (κ3) is 2.92. The summed E-state index contributed by atoms with van der Waals surface area (Å²) in [5.74, 6) is -0.633. The van der Waals surface area contributed by atoms with Crippen molar-refractivity contribution in [3.05, 3.63) is 41.5 Å². The molecule has 1 aliphatic heterocycles. The van der Waals surface area contributed by atoms with Crippen molar-refractivity contribution in [3.63, 3.8) is 0 Å². The second-order valence-electron chi connectivity index (χ2n) is 5.37. The molecule has 2 amide bonds. The van der Waals surface area contributed by atoms with E-state index in [4.69, 9.17) is 0 Å². The number of hydrogen-bond donors (Lipinski definition) is 0. The fourth-order valence-corrected chi connectivity index (χ4v) is 3.91. The van der Waals surface area contributed by atoms with Crippen molar-refractivity contribution >= 4 is 44.5 Å². The van der Waals surface area contributed by atoms with Gasteiger partial charge in [0.25, 0.3) is 21.9 Å². The van der Waals surface area contributed by atoms with Crippen LogP contribution in [-0.2, 0) is 14.4 Å². The number of carbonyl (C=O) groups is 2. The van der Waals surface area contributed by atoms with E-state index in [9.17, 15) is 18.0 Å². The zero-order valence-electron chi connectivity index (χ0n) is 13.1. The lowest BCUT2D eigenvalue weighted by atomic mass is 9.95. The van der Waals surface area contributed by atoms with Gasteiger partial charge in [-0.2, -0.15) is 8.42 Å². The minimum Gasteiger partial charge on any atom is -0.266 e. The number of imide groups is 1. The monoisotopic (exact) mass is 365 g/mol. The van der Waals surface area contributed by atoms with Crippen molar-refractivity contribution in [1.29, 1.82) is 0 Å². The van der Waals surface area contributed by atoms with Crippen LogP contribution in [0.4, 0.5) is 0 Å². The highest BCUT2D eigenvalue weighted by atomic mass is 32.2. The molecule has 24 heavy (non-hydrogen) atoms. The fourth-order valence-electron chi connectivity index (χ4n) is 2.59. The van der Waals surface area contributed by atoms with E-state index in [2.05, 4.69) is 11.2 Å². The van der Waals surface area contributed by atoms with Crippen LogP contribution in [0.5, 0.6) is 0 Å². The standard InChI is InChI=1S/C16H15NO5S2/c1-3-9-23-13-8-7-12-14-10(13)5-4-6-11(14)15(18)17(16(12)19)22-24(2,20)21/h4-8H,3,9H2,1-2H3. The van der Waals surface area contributed by atoms with E-state index in [1.807, 2.05) is 12.1 Å². The van der Waals surface area contributed by atoms with Gasteiger partial charge in [0.1, 0.15) is 0 Å². The molecule has 0 unspecified atom stereocenters. The van der Waals surface area contributed by atoms with Gasteiger partial charge in [-0.1, -0.05) is 19.1 Å². The first kappa shape index (κ1) is 16.9. The van der Waals surface area contributed by atoms with E-state index in [-0.39, 0.29) is 11.1 Å². The summed E-state index contributed by atoms with van der Waals surface area (Å²) < 4.78 is 27.3. The Morgan fingerprint density at radius 1 is 1.08 bits per heavy atom. The van der Waals surface area contributed by atoms with E-state index in [0.29, 0.717) is 10.4 Å². The third-order valence-corrected chi connectivity index (χ3v) is 5.20. The molecular weight excluding hydrogens is 350 g/mol. The first-order valence-electron chi connectivity index (χ1n) is 7.30. The Hall–Kier alpha value is -1.90. The van der Waals surface area contributed by atoms with Crippen molar-refractivity contribution in [2.45, 2.75) is 18.2 Å². The molecule has 0 saturated carbocycles. The molecule has 0 radical (unpaired) electrons. The van der Waals surface area contributed by atoms with E-state index in [0.717, 1.165) is 28.7 Å². The highest BCUT2D eigenvalue weighted by molar-refractivity contribution is 7.99. The highest BCUT2D eigenvalue weighted by Crippen LogP contribution is 2.36. The van der Waals surface area contributed by atoms with Gasteiger partial charge in [-0.3, -0.25) is 9.59 Å². The lowest BCUT2D eigenvalue weighted by Crippen LogP contribution is -2.41. The lowest BCUT2D eigenvalue weighted by molar-refractivity contribution is -0.0149. The van der Waals surface area contributed by atoms with Crippen molar-refractivity contribution < 1.29 is 22.3 Å². The second-order valence-corrected chi connectivity index (χ2v) is 8.07. The van der Waals surface area contributed by atoms with Crippen LogP contribution in [0.15, 0.2) is 35.2 Å². The summed E-state index contributed by atoms with van der Waals surface area (Å²) in [5.41, 5.74) is 0.509. The maximum atomic E-state index is 12.5. The van der Waals surface area contributed by atoms with E-state index in [1.54, 1.807) is 30.0 Å². The Morgan fingerprint density at radius 3 is 2.38 bits per heavy atom. The van der Waals surface area contributed by atoms with Crippen molar-refractivity contribution in [2.75, 3.05) is 12.0 Å². The van der Waals surface area contributed by atoms with Crippen molar-refractivity contribution in [1.82, 2.24) is 5.06 Å². The molecule has 0 fully saturated rings. The van der Waals surface area contributed by atoms with Gasteiger partial charge in [-0.05, 0) is 35.8 Å². The van der Waals surface area contributed by atoms with E-state index in [1.165, 1.54) is 0 Å². The van der Waals surface area contributed by atoms with Crippen LogP contribution in [0.25, 0.3) is 10.8 Å². The van der Waals surface area contributed by atoms with Crippen LogP contribution < -0.4 is 0 Å². The Kier molecular flexibility index (Phi) is 4.37. The number of hydroxylamine groups is 2. The van der Waals surface area contributed by atoms with Crippen LogP contribution >= 0.6 is 11.8 Å². The molecule has 0 spiro atoms. The van der Waals surface area contributed by atoms with Gasteiger partial charge in [0.15, 0.2) is 0 Å². The summed E-state index contributed by atoms with van der Waals surface area (Å²) in [6.07, 6.45) is 1.79. The van der Waals surface area contributed by atoms with Crippen LogP contribution in [0.3, 0.4) is 0 Å². The third-order valence-electron chi connectivity index (χ3n) is 3.50. The molecular formula is C16H15NO5S2. The molecule has 0 saturated heterocycles. The zero-order valence-corrected chi connectivity index (χ0v) is 14.7. The van der Waals surface area contributed by atoms with E-state index >= 15 is 0 Å². The zero-order chi connectivity index (χ0) is 17.5. The summed E-state index contributed by atoms with van der Waals surface area (Å²) in [6, 6.07) is 8.55. The van der Waals surface area contributed by atoms with Crippen LogP contribution in [-0.4, -0.2) is 37.3 Å². The Labute approximate surface area is 143 Å². The van der Waals surface area contributed by atoms with Gasteiger partial charge in [0, 0.05) is 10.3 Å². The Balaban J connectivity index is 2.19. The second kappa shape index (κ2) is 6.19. The molecule has 2 aromatic rings. The smallest absolute Gasteiger partial charge is 0.266 e. The average molecular weight is 365 g/mol. The van der Waals surface area contributed by atoms with E-state index < -0.39 is 21.9 Å². The maximum absolute atomic E-state index is 12.5. The molecule has 0 aromatic heterocycles. The fraction of sp³-hybridized carbons (Fsp3) is 0.250. The van der Waals surface area contributed by atoms with Crippen molar-refractivity contribution in [2.24, 2.45) is 0 Å². The van der Waals surface area contributed by atoms with Crippen molar-refractivity contribution in [3.8, 4) is 0 Å². The number of thioether (sulfide) groups is 1. The molecule has 3 rings (SSSR count). The Bertz CT molecular complexity index is 930. The first-order chi connectivity index (χ1) is 11.3. The number of carbonyl (C=O) groups excluding carboxylic acids is 2. The molecule has 0 N–H and O–H groups in total. The summed E-state index contributed by atoms with van der Waals surface area (Å²) in [7, 11) is -4.00. The molecule has 1 heterocycles. The number of amides is 2. The molecule has 2 aromatic carbocycles. The van der Waals surface area contributed by atoms with Gasteiger partial charge in [-0.15, -0.1) is 21.1 Å². The molecule has 1 aliphatic rings. The molecule has 0 atom stereocenters. The van der Waals surface area contributed by atoms with Crippen LogP contribution in [0, 0.1) is 0 Å². The number of rotatable bonds is 5. The van der Waals surface area contributed by atoms with Crippen LogP contribution in [0.1, 0.15) is 34.1 Å². The normalized spacial score (nSPS) is 14.5. The topological polar surface area (TPSA) is 80.8 Å². The molecule has 0 bridgehead atoms. The van der Waals surface area contributed by atoms with Gasteiger partial charge >= 0.3 is 0 Å². The Morgan fingerprint density at radius 2 is 1.75 bits per heavy atom. The maximum Gasteiger partial charge on any atom is 0.286 e. The predicted molar refractivity (Wildman–Crippen MR) is 91.4 cm³/mol. The highest BCUT2D eigenvalue weighted by Gasteiger charge is 2.36. The quantitative estimate of drug-likeness (QED) is 0.599. The molecule has 6 nitrogen and oxygen atoms in total. The van der Waals surface area contributed by atoms with Crippen LogP contribution in [0.2, 0.25) is 0 Å². The summed E-state index contributed by atoms with van der Waals surface area (Å²) in [4.78, 5) is 26.0. The first-order valence-corrected chi connectivity index (χ1v) is 10.1.